The fraction of sp³-hybridized carbons (Fsp3) is 0.353. The fourth-order valence-electron chi connectivity index (χ4n) is 2.52. The maximum atomic E-state index is 6.25. The van der Waals surface area contributed by atoms with Gasteiger partial charge in [0.1, 0.15) is 0 Å². The molecule has 1 aromatic heterocycles. The van der Waals surface area contributed by atoms with Gasteiger partial charge in [0.25, 0.3) is 0 Å². The quantitative estimate of drug-likeness (QED) is 0.803. The largest absolute Gasteiger partial charge is 0.310 e. The molecule has 1 atom stereocenters. The summed E-state index contributed by atoms with van der Waals surface area (Å²) in [4.78, 5) is 4.05. The molecule has 0 aliphatic heterocycles. The number of pyridine rings is 1. The van der Waals surface area contributed by atoms with E-state index in [1.165, 1.54) is 21.2 Å². The van der Waals surface area contributed by atoms with E-state index in [1.807, 2.05) is 6.07 Å². The highest BCUT2D eigenvalue weighted by Crippen LogP contribution is 2.28. The van der Waals surface area contributed by atoms with Crippen LogP contribution in [-0.4, -0.2) is 11.5 Å². The van der Waals surface area contributed by atoms with E-state index in [0.717, 1.165) is 23.6 Å². The van der Waals surface area contributed by atoms with Gasteiger partial charge in [-0.15, -0.1) is 0 Å². The van der Waals surface area contributed by atoms with Crippen LogP contribution in [0.3, 0.4) is 0 Å². The zero-order valence-electron chi connectivity index (χ0n) is 12.6. The topological polar surface area (TPSA) is 24.9 Å². The van der Waals surface area contributed by atoms with Gasteiger partial charge in [-0.1, -0.05) is 46.6 Å². The Bertz CT molecular complexity index is 605. The number of hydrogen-bond acceptors (Lipinski definition) is 2. The molecule has 0 aliphatic carbocycles. The third kappa shape index (κ3) is 4.06. The molecular formula is C17H20BrClN2. The minimum atomic E-state index is 0.250. The first kappa shape index (κ1) is 16.5. The molecule has 0 amide bonds. The van der Waals surface area contributed by atoms with Crippen LogP contribution in [0.15, 0.2) is 35.1 Å². The predicted molar refractivity (Wildman–Crippen MR) is 93.0 cm³/mol. The van der Waals surface area contributed by atoms with E-state index in [1.54, 1.807) is 12.4 Å². The molecule has 2 nitrogen and oxygen atoms in total. The number of halogens is 2. The highest BCUT2D eigenvalue weighted by molar-refractivity contribution is 9.10. The van der Waals surface area contributed by atoms with Crippen molar-refractivity contribution in [1.82, 2.24) is 10.3 Å². The summed E-state index contributed by atoms with van der Waals surface area (Å²) in [6.07, 6.45) is 4.36. The van der Waals surface area contributed by atoms with E-state index in [2.05, 4.69) is 59.1 Å². The van der Waals surface area contributed by atoms with Gasteiger partial charge in [0, 0.05) is 22.9 Å². The van der Waals surface area contributed by atoms with Crippen LogP contribution in [0.5, 0.6) is 0 Å². The lowest BCUT2D eigenvalue weighted by molar-refractivity contribution is 0.549. The van der Waals surface area contributed by atoms with Crippen LogP contribution < -0.4 is 5.32 Å². The van der Waals surface area contributed by atoms with Crippen molar-refractivity contribution < 1.29 is 0 Å². The van der Waals surface area contributed by atoms with Gasteiger partial charge in [-0.05, 0) is 55.1 Å². The smallest absolute Gasteiger partial charge is 0.0622 e. The molecule has 4 heteroatoms. The Morgan fingerprint density at radius 1 is 1.29 bits per heavy atom. The van der Waals surface area contributed by atoms with Crippen LogP contribution in [0.1, 0.15) is 35.2 Å². The minimum Gasteiger partial charge on any atom is -0.310 e. The maximum absolute atomic E-state index is 6.25. The van der Waals surface area contributed by atoms with E-state index >= 15 is 0 Å². The van der Waals surface area contributed by atoms with Gasteiger partial charge in [0.15, 0.2) is 0 Å². The standard InChI is InChI=1S/C17H20BrClN2/c1-4-21-16(9-13-5-6-20-10-15(13)19)14-7-11(2)17(18)12(3)8-14/h5-8,10,16,21H,4,9H2,1-3H3. The van der Waals surface area contributed by atoms with Crippen LogP contribution in [0.4, 0.5) is 0 Å². The van der Waals surface area contributed by atoms with Crippen molar-refractivity contribution in [3.05, 3.63) is 62.3 Å². The summed E-state index contributed by atoms with van der Waals surface area (Å²) in [7, 11) is 0. The molecule has 0 saturated heterocycles. The first-order valence-corrected chi connectivity index (χ1v) is 8.28. The van der Waals surface area contributed by atoms with Crippen molar-refractivity contribution in [2.24, 2.45) is 0 Å². The second-order valence-electron chi connectivity index (χ2n) is 5.25. The Kier molecular flexibility index (Phi) is 5.80. The number of benzene rings is 1. The summed E-state index contributed by atoms with van der Waals surface area (Å²) in [5, 5.41) is 4.28. The Balaban J connectivity index is 2.33. The summed E-state index contributed by atoms with van der Waals surface area (Å²) in [5.74, 6) is 0. The number of rotatable bonds is 5. The van der Waals surface area contributed by atoms with Gasteiger partial charge in [-0.2, -0.15) is 0 Å². The van der Waals surface area contributed by atoms with Crippen molar-refractivity contribution in [2.75, 3.05) is 6.54 Å². The SMILES string of the molecule is CCNC(Cc1ccncc1Cl)c1cc(C)c(Br)c(C)c1. The van der Waals surface area contributed by atoms with Gasteiger partial charge in [0.2, 0.25) is 0 Å². The number of likely N-dealkylation sites (N-methyl/N-ethyl adjacent to an activating group) is 1. The molecule has 0 spiro atoms. The zero-order valence-corrected chi connectivity index (χ0v) is 14.9. The lowest BCUT2D eigenvalue weighted by atomic mass is 9.96. The van der Waals surface area contributed by atoms with Crippen LogP contribution >= 0.6 is 27.5 Å². The third-order valence-corrected chi connectivity index (χ3v) is 5.18. The van der Waals surface area contributed by atoms with Gasteiger partial charge >= 0.3 is 0 Å². The molecule has 112 valence electrons. The van der Waals surface area contributed by atoms with Crippen molar-refractivity contribution >= 4 is 27.5 Å². The molecule has 21 heavy (non-hydrogen) atoms. The van der Waals surface area contributed by atoms with Gasteiger partial charge < -0.3 is 5.32 Å². The number of aryl methyl sites for hydroxylation is 2. The van der Waals surface area contributed by atoms with E-state index < -0.39 is 0 Å². The molecule has 0 radical (unpaired) electrons. The molecule has 0 bridgehead atoms. The third-order valence-electron chi connectivity index (χ3n) is 3.59. The van der Waals surface area contributed by atoms with Crippen LogP contribution in [0, 0.1) is 13.8 Å². The summed E-state index contributed by atoms with van der Waals surface area (Å²) in [6.45, 7) is 7.30. The van der Waals surface area contributed by atoms with Crippen LogP contribution in [0.25, 0.3) is 0 Å². The summed E-state index contributed by atoms with van der Waals surface area (Å²) in [5.41, 5.74) is 4.93. The lowest BCUT2D eigenvalue weighted by Crippen LogP contribution is -2.23. The minimum absolute atomic E-state index is 0.250. The Morgan fingerprint density at radius 2 is 1.95 bits per heavy atom. The van der Waals surface area contributed by atoms with Crippen molar-refractivity contribution in [3.8, 4) is 0 Å². The summed E-state index contributed by atoms with van der Waals surface area (Å²) in [6, 6.07) is 6.71. The van der Waals surface area contributed by atoms with E-state index in [0.29, 0.717) is 0 Å². The second-order valence-corrected chi connectivity index (χ2v) is 6.45. The average molecular weight is 368 g/mol. The zero-order chi connectivity index (χ0) is 15.4. The van der Waals surface area contributed by atoms with Gasteiger partial charge in [0.05, 0.1) is 5.02 Å². The van der Waals surface area contributed by atoms with Crippen molar-refractivity contribution in [3.63, 3.8) is 0 Å². The number of aromatic nitrogens is 1. The average Bonchev–Trinajstić information content (AvgIpc) is 2.46. The van der Waals surface area contributed by atoms with Crippen LogP contribution in [0.2, 0.25) is 5.02 Å². The van der Waals surface area contributed by atoms with E-state index in [4.69, 9.17) is 11.6 Å². The highest BCUT2D eigenvalue weighted by Gasteiger charge is 2.15. The predicted octanol–water partition coefficient (Wildman–Crippen LogP) is 5.01. The Labute approximate surface area is 140 Å². The molecule has 0 saturated carbocycles. The molecular weight excluding hydrogens is 348 g/mol. The lowest BCUT2D eigenvalue weighted by Gasteiger charge is -2.21. The Morgan fingerprint density at radius 3 is 2.52 bits per heavy atom. The number of nitrogens with zero attached hydrogens (tertiary/aromatic N) is 1. The highest BCUT2D eigenvalue weighted by atomic mass is 79.9. The molecule has 0 fully saturated rings. The molecule has 1 aromatic carbocycles. The molecule has 1 N–H and O–H groups in total. The van der Waals surface area contributed by atoms with Crippen molar-refractivity contribution in [2.45, 2.75) is 33.2 Å². The van der Waals surface area contributed by atoms with Crippen LogP contribution in [-0.2, 0) is 6.42 Å². The van der Waals surface area contributed by atoms with E-state index in [-0.39, 0.29) is 6.04 Å². The summed E-state index contributed by atoms with van der Waals surface area (Å²) < 4.78 is 1.18. The monoisotopic (exact) mass is 366 g/mol. The summed E-state index contributed by atoms with van der Waals surface area (Å²) >= 11 is 9.88. The normalized spacial score (nSPS) is 12.4. The van der Waals surface area contributed by atoms with E-state index in [9.17, 15) is 0 Å². The second kappa shape index (κ2) is 7.39. The molecule has 2 rings (SSSR count). The number of nitrogens with one attached hydrogen (secondary N) is 1. The van der Waals surface area contributed by atoms with Gasteiger partial charge in [-0.25, -0.2) is 0 Å². The molecule has 2 aromatic rings. The first-order chi connectivity index (χ1) is 10.0. The first-order valence-electron chi connectivity index (χ1n) is 7.11. The number of hydrogen-bond donors (Lipinski definition) is 1. The Hall–Kier alpha value is -0.900. The molecule has 1 unspecified atom stereocenters. The maximum Gasteiger partial charge on any atom is 0.0622 e. The van der Waals surface area contributed by atoms with Crippen molar-refractivity contribution in [1.29, 1.82) is 0 Å². The fourth-order valence-corrected chi connectivity index (χ4v) is 2.95. The molecule has 0 aliphatic rings. The molecule has 1 heterocycles. The van der Waals surface area contributed by atoms with Gasteiger partial charge in [-0.3, -0.25) is 4.98 Å².